The summed E-state index contributed by atoms with van der Waals surface area (Å²) in [6, 6.07) is 4.99. The number of sulfonamides is 1. The molecule has 52 heavy (non-hydrogen) atoms. The molecule has 2 aliphatic carbocycles. The Kier molecular flexibility index (Phi) is 11.3. The highest BCUT2D eigenvalue weighted by atomic mass is 32.2. The molecule has 1 aromatic carbocycles. The molecular weight excluding hydrogens is 733 g/mol. The second-order valence-electron chi connectivity index (χ2n) is 12.9. The summed E-state index contributed by atoms with van der Waals surface area (Å²) >= 11 is 1.43. The highest BCUT2D eigenvalue weighted by molar-refractivity contribution is 7.90. The number of benzene rings is 1. The largest absolute Gasteiger partial charge is 0.494 e. The number of aromatic nitrogens is 3. The quantitative estimate of drug-likeness (QED) is 0.259. The van der Waals surface area contributed by atoms with Crippen molar-refractivity contribution < 1.29 is 30.4 Å². The molecule has 1 fully saturated rings. The van der Waals surface area contributed by atoms with Crippen molar-refractivity contribution in [1.82, 2.24) is 24.6 Å². The average Bonchev–Trinajstić information content (AvgIpc) is 3.49. The van der Waals surface area contributed by atoms with Crippen molar-refractivity contribution in [2.24, 2.45) is 0 Å². The molecule has 3 atom stereocenters. The van der Waals surface area contributed by atoms with Crippen molar-refractivity contribution in [3.8, 4) is 16.3 Å². The smallest absolute Gasteiger partial charge is 0.227 e. The van der Waals surface area contributed by atoms with Gasteiger partial charge in [0.2, 0.25) is 16.0 Å². The molecule has 6 rings (SSSR count). The molecular formula is C35H41F2N7O5S3. The van der Waals surface area contributed by atoms with Crippen molar-refractivity contribution in [2.45, 2.75) is 37.7 Å². The summed E-state index contributed by atoms with van der Waals surface area (Å²) in [6.45, 7) is 7.44. The Morgan fingerprint density at radius 2 is 1.87 bits per heavy atom. The third kappa shape index (κ3) is 8.77. The molecule has 0 radical (unpaired) electrons. The maximum atomic E-state index is 14.5. The second-order valence-corrected chi connectivity index (χ2v) is 18.2. The van der Waals surface area contributed by atoms with Crippen LogP contribution in [0.25, 0.3) is 16.1 Å². The first-order valence-corrected chi connectivity index (χ1v) is 21.1. The lowest BCUT2D eigenvalue weighted by Crippen LogP contribution is -2.47. The number of rotatable bonds is 12. The SMILES string of the molecule is COc1cc(N2CCN(CCS(C)(=O)=O)CC2)c(C)cc1Nc1nccc(-c2sc(C)nc2C2=CC(NS(=O)(=O)C3C(F)=CC=CC3F)CC=C2)n1. The number of alkyl halides is 1. The molecule has 0 saturated carbocycles. The van der Waals surface area contributed by atoms with Crippen LogP contribution in [0.1, 0.15) is 22.7 Å². The summed E-state index contributed by atoms with van der Waals surface area (Å²) in [5.74, 6) is 0.0328. The molecule has 278 valence electrons. The summed E-state index contributed by atoms with van der Waals surface area (Å²) in [5, 5.41) is 2.12. The number of hydrogen-bond acceptors (Lipinski definition) is 12. The van der Waals surface area contributed by atoms with Crippen LogP contribution in [0, 0.1) is 13.8 Å². The first-order valence-electron chi connectivity index (χ1n) is 16.7. The van der Waals surface area contributed by atoms with Crippen LogP contribution in [0.15, 0.2) is 66.7 Å². The number of nitrogens with one attached hydrogen (secondary N) is 2. The van der Waals surface area contributed by atoms with Gasteiger partial charge in [-0.25, -0.2) is 45.3 Å². The lowest BCUT2D eigenvalue weighted by Gasteiger charge is -2.37. The van der Waals surface area contributed by atoms with Gasteiger partial charge in [0.05, 0.1) is 39.8 Å². The molecule has 2 aromatic heterocycles. The standard InChI is InChI=1S/C35H41F2N7O5S3/c1-22-19-29(31(49-3)21-30(22)44-15-13-43(14-16-44)17-18-51(4,45)46)41-35-38-12-11-28(40-35)33-32(39-23(2)50-33)24-7-5-8-25(20-24)42-52(47,48)34-26(36)9-6-10-27(34)37/h5-7,9-12,19-21,25-26,34,42H,8,13-18H2,1-4H3,(H,38,40,41). The van der Waals surface area contributed by atoms with Crippen LogP contribution < -0.4 is 19.7 Å². The van der Waals surface area contributed by atoms with Crippen molar-refractivity contribution in [3.05, 3.63) is 82.9 Å². The van der Waals surface area contributed by atoms with Gasteiger partial charge in [0.25, 0.3) is 0 Å². The third-order valence-corrected chi connectivity index (χ3v) is 12.7. The number of hydrogen-bond donors (Lipinski definition) is 2. The maximum Gasteiger partial charge on any atom is 0.227 e. The van der Waals surface area contributed by atoms with E-state index in [1.807, 2.05) is 32.1 Å². The second kappa shape index (κ2) is 15.5. The Labute approximate surface area is 307 Å². The minimum absolute atomic E-state index is 0.149. The van der Waals surface area contributed by atoms with Crippen molar-refractivity contribution >= 4 is 54.1 Å². The highest BCUT2D eigenvalue weighted by Crippen LogP contribution is 2.38. The predicted molar refractivity (Wildman–Crippen MR) is 202 cm³/mol. The molecule has 3 aliphatic rings. The zero-order chi connectivity index (χ0) is 37.2. The summed E-state index contributed by atoms with van der Waals surface area (Å²) in [7, 11) is -5.80. The lowest BCUT2D eigenvalue weighted by molar-refractivity contribution is 0.272. The molecule has 0 spiro atoms. The molecule has 1 saturated heterocycles. The Hall–Kier alpha value is -4.03. The zero-order valence-corrected chi connectivity index (χ0v) is 31.7. The van der Waals surface area contributed by atoms with Gasteiger partial charge in [-0.05, 0) is 55.7 Å². The number of ether oxygens (including phenoxy) is 1. The molecule has 2 N–H and O–H groups in total. The van der Waals surface area contributed by atoms with E-state index >= 15 is 0 Å². The first-order chi connectivity index (χ1) is 24.7. The number of sulfone groups is 1. The Morgan fingerprint density at radius 1 is 1.10 bits per heavy atom. The van der Waals surface area contributed by atoms with E-state index in [-0.39, 0.29) is 5.75 Å². The number of nitrogens with zero attached hydrogens (tertiary/aromatic N) is 5. The van der Waals surface area contributed by atoms with E-state index in [0.717, 1.165) is 59.5 Å². The monoisotopic (exact) mass is 773 g/mol. The van der Waals surface area contributed by atoms with Crippen LogP contribution in [-0.2, 0) is 19.9 Å². The Balaban J connectivity index is 1.19. The summed E-state index contributed by atoms with van der Waals surface area (Å²) < 4.78 is 86.4. The molecule has 0 bridgehead atoms. The Bertz CT molecular complexity index is 2160. The van der Waals surface area contributed by atoms with Gasteiger partial charge in [0.15, 0.2) is 5.25 Å². The first kappa shape index (κ1) is 37.7. The van der Waals surface area contributed by atoms with E-state index in [9.17, 15) is 25.6 Å². The van der Waals surface area contributed by atoms with Crippen molar-refractivity contribution in [2.75, 3.05) is 62.1 Å². The third-order valence-electron chi connectivity index (χ3n) is 8.98. The number of methoxy groups -OCH3 is 1. The average molecular weight is 774 g/mol. The van der Waals surface area contributed by atoms with Gasteiger partial charge in [-0.1, -0.05) is 24.3 Å². The van der Waals surface area contributed by atoms with Gasteiger partial charge in [-0.2, -0.15) is 0 Å². The van der Waals surface area contributed by atoms with Crippen LogP contribution in [-0.4, -0.2) is 106 Å². The fraction of sp³-hybridized carbons (Fsp3) is 0.400. The normalized spacial score (nSPS) is 21.2. The molecule has 3 aromatic rings. The van der Waals surface area contributed by atoms with E-state index in [4.69, 9.17) is 14.7 Å². The van der Waals surface area contributed by atoms with Gasteiger partial charge in [-0.3, -0.25) is 4.90 Å². The van der Waals surface area contributed by atoms with E-state index in [2.05, 4.69) is 24.8 Å². The van der Waals surface area contributed by atoms with Crippen LogP contribution in [0.2, 0.25) is 0 Å². The highest BCUT2D eigenvalue weighted by Gasteiger charge is 2.39. The number of aryl methyl sites for hydroxylation is 2. The van der Waals surface area contributed by atoms with Gasteiger partial charge in [-0.15, -0.1) is 11.3 Å². The lowest BCUT2D eigenvalue weighted by atomic mass is 10.00. The predicted octanol–water partition coefficient (Wildman–Crippen LogP) is 4.90. The molecule has 1 aliphatic heterocycles. The van der Waals surface area contributed by atoms with Crippen LogP contribution in [0.4, 0.5) is 26.1 Å². The number of piperazine rings is 1. The Morgan fingerprint density at radius 3 is 2.58 bits per heavy atom. The van der Waals surface area contributed by atoms with Crippen LogP contribution in [0.3, 0.4) is 0 Å². The molecule has 3 heterocycles. The molecule has 17 heteroatoms. The molecule has 12 nitrogen and oxygen atoms in total. The minimum Gasteiger partial charge on any atom is -0.494 e. The summed E-state index contributed by atoms with van der Waals surface area (Å²) in [6.07, 6.45) is 9.69. The van der Waals surface area contributed by atoms with Crippen molar-refractivity contribution in [3.63, 3.8) is 0 Å². The maximum absolute atomic E-state index is 14.5. The number of anilines is 3. The topological polar surface area (TPSA) is 147 Å². The van der Waals surface area contributed by atoms with Gasteiger partial charge >= 0.3 is 0 Å². The zero-order valence-electron chi connectivity index (χ0n) is 29.2. The van der Waals surface area contributed by atoms with Gasteiger partial charge in [0, 0.05) is 63.0 Å². The molecule has 3 unspecified atom stereocenters. The van der Waals surface area contributed by atoms with Crippen LogP contribution in [0.5, 0.6) is 5.75 Å². The van der Waals surface area contributed by atoms with Crippen LogP contribution >= 0.6 is 11.3 Å². The molecule has 0 amide bonds. The van der Waals surface area contributed by atoms with Crippen molar-refractivity contribution in [1.29, 1.82) is 0 Å². The van der Waals surface area contributed by atoms with Gasteiger partial charge < -0.3 is 15.0 Å². The number of thiazole rings is 1. The van der Waals surface area contributed by atoms with E-state index in [1.165, 1.54) is 23.7 Å². The fourth-order valence-corrected chi connectivity index (χ4v) is 9.42. The fourth-order valence-electron chi connectivity index (χ4n) is 6.38. The van der Waals surface area contributed by atoms with Gasteiger partial charge in [0.1, 0.15) is 27.6 Å². The number of allylic oxidation sites excluding steroid dienone is 5. The van der Waals surface area contributed by atoms with E-state index < -0.39 is 43.2 Å². The summed E-state index contributed by atoms with van der Waals surface area (Å²) in [5.41, 5.74) is 4.56. The number of halogens is 2. The van der Waals surface area contributed by atoms with E-state index in [0.29, 0.717) is 47.3 Å². The van der Waals surface area contributed by atoms with E-state index in [1.54, 1.807) is 31.5 Å². The minimum atomic E-state index is -4.38. The summed E-state index contributed by atoms with van der Waals surface area (Å²) in [4.78, 5) is 19.2.